The highest BCUT2D eigenvalue weighted by molar-refractivity contribution is 6.10. The zero-order valence-corrected chi connectivity index (χ0v) is 19.7. The highest BCUT2D eigenvalue weighted by Gasteiger charge is 2.21. The number of hydrogen-bond acceptors (Lipinski definition) is 6. The van der Waals surface area contributed by atoms with Gasteiger partial charge in [-0.05, 0) is 54.8 Å². The summed E-state index contributed by atoms with van der Waals surface area (Å²) >= 11 is 0. The Labute approximate surface area is 207 Å². The fourth-order valence-electron chi connectivity index (χ4n) is 4.27. The zero-order valence-electron chi connectivity index (χ0n) is 19.7. The molecule has 1 atom stereocenters. The third-order valence-electron chi connectivity index (χ3n) is 5.89. The number of Topliss-reactive ketones (excluding diaryl/α,β-unsaturated/α-hetero) is 1. The van der Waals surface area contributed by atoms with E-state index in [9.17, 15) is 19.5 Å². The van der Waals surface area contributed by atoms with E-state index in [1.165, 1.54) is 19.2 Å². The lowest BCUT2D eigenvalue weighted by Gasteiger charge is -2.17. The van der Waals surface area contributed by atoms with E-state index in [2.05, 4.69) is 10.3 Å². The van der Waals surface area contributed by atoms with Gasteiger partial charge in [-0.2, -0.15) is 0 Å². The molecule has 8 nitrogen and oxygen atoms in total. The van der Waals surface area contributed by atoms with Crippen molar-refractivity contribution in [1.29, 1.82) is 5.41 Å². The van der Waals surface area contributed by atoms with Gasteiger partial charge in [-0.1, -0.05) is 42.5 Å². The monoisotopic (exact) mass is 480 g/mol. The summed E-state index contributed by atoms with van der Waals surface area (Å²) in [5.41, 5.74) is 9.49. The molecule has 1 aromatic heterocycles. The molecule has 180 valence electrons. The van der Waals surface area contributed by atoms with Crippen LogP contribution in [-0.4, -0.2) is 33.5 Å². The predicted molar refractivity (Wildman–Crippen MR) is 139 cm³/mol. The number of primary amides is 1. The van der Waals surface area contributed by atoms with Crippen LogP contribution in [0.5, 0.6) is 0 Å². The van der Waals surface area contributed by atoms with E-state index in [1.54, 1.807) is 37.3 Å². The van der Waals surface area contributed by atoms with Crippen LogP contribution >= 0.6 is 0 Å². The molecule has 1 unspecified atom stereocenters. The Morgan fingerprint density at radius 3 is 2.31 bits per heavy atom. The number of hydrogen-bond donors (Lipinski definition) is 4. The molecule has 0 aliphatic heterocycles. The van der Waals surface area contributed by atoms with Gasteiger partial charge in [0, 0.05) is 23.0 Å². The van der Waals surface area contributed by atoms with E-state index in [4.69, 9.17) is 11.1 Å². The molecule has 0 aliphatic carbocycles. The van der Waals surface area contributed by atoms with Crippen LogP contribution in [0.1, 0.15) is 46.0 Å². The fourth-order valence-corrected chi connectivity index (χ4v) is 4.27. The summed E-state index contributed by atoms with van der Waals surface area (Å²) in [5, 5.41) is 21.4. The van der Waals surface area contributed by atoms with Crippen LogP contribution in [0.4, 0.5) is 11.4 Å². The number of fused-ring (bicyclic) bond motifs is 1. The number of ketones is 1. The Bertz CT molecular complexity index is 1520. The van der Waals surface area contributed by atoms with Gasteiger partial charge in [0.25, 0.3) is 5.91 Å². The Morgan fingerprint density at radius 1 is 0.972 bits per heavy atom. The Balaban J connectivity index is 1.88. The number of benzene rings is 3. The maximum atomic E-state index is 12.2. The molecule has 8 heteroatoms. The minimum absolute atomic E-state index is 0.0749. The zero-order chi connectivity index (χ0) is 26.0. The summed E-state index contributed by atoms with van der Waals surface area (Å²) in [6.45, 7) is 3.01. The number of carbonyl (C=O) groups is 3. The number of carboxylic acids is 1. The van der Waals surface area contributed by atoms with E-state index in [1.807, 2.05) is 30.3 Å². The number of anilines is 2. The lowest BCUT2D eigenvalue weighted by molar-refractivity contribution is -0.117. The summed E-state index contributed by atoms with van der Waals surface area (Å²) in [6, 6.07) is 19.3. The van der Waals surface area contributed by atoms with Gasteiger partial charge in [-0.3, -0.25) is 14.6 Å². The first kappa shape index (κ1) is 24.3. The average molecular weight is 481 g/mol. The van der Waals surface area contributed by atoms with Gasteiger partial charge >= 0.3 is 5.97 Å². The number of aromatic nitrogens is 1. The molecule has 0 fully saturated rings. The van der Waals surface area contributed by atoms with Crippen molar-refractivity contribution in [2.45, 2.75) is 19.8 Å². The van der Waals surface area contributed by atoms with Gasteiger partial charge in [-0.25, -0.2) is 4.79 Å². The molecule has 4 aromatic rings. The lowest BCUT2D eigenvalue weighted by Crippen LogP contribution is -2.17. The second-order valence-corrected chi connectivity index (χ2v) is 8.51. The molecule has 3 aromatic carbocycles. The molecule has 0 saturated carbocycles. The normalized spacial score (nSPS) is 11.6. The van der Waals surface area contributed by atoms with Gasteiger partial charge in [0.05, 0.1) is 28.2 Å². The third-order valence-corrected chi connectivity index (χ3v) is 5.89. The molecule has 0 radical (unpaired) electrons. The number of rotatable bonds is 8. The number of aromatic carboxylic acids is 1. The SMILES string of the molecule is CC(=N)C(C(C)=O)c1ccc2c(Nc3cc(C(=O)O)cc(-c4ccccc4)c3)c(C(N)=O)cnc2c1. The molecule has 0 saturated heterocycles. The van der Waals surface area contributed by atoms with Gasteiger partial charge in [0.2, 0.25) is 0 Å². The van der Waals surface area contributed by atoms with Crippen molar-refractivity contribution in [3.63, 3.8) is 0 Å². The summed E-state index contributed by atoms with van der Waals surface area (Å²) in [7, 11) is 0. The number of carbonyl (C=O) groups excluding carboxylic acids is 2. The minimum Gasteiger partial charge on any atom is -0.478 e. The highest BCUT2D eigenvalue weighted by Crippen LogP contribution is 2.33. The Hall–Kier alpha value is -4.85. The van der Waals surface area contributed by atoms with Gasteiger partial charge < -0.3 is 21.6 Å². The first-order valence-electron chi connectivity index (χ1n) is 11.1. The number of nitrogens with zero attached hydrogens (tertiary/aromatic N) is 1. The highest BCUT2D eigenvalue weighted by atomic mass is 16.4. The molecule has 0 spiro atoms. The number of amides is 1. The summed E-state index contributed by atoms with van der Waals surface area (Å²) in [4.78, 5) is 40.6. The molecule has 0 bridgehead atoms. The molecule has 36 heavy (non-hydrogen) atoms. The first-order valence-corrected chi connectivity index (χ1v) is 11.1. The Kier molecular flexibility index (Phi) is 6.60. The van der Waals surface area contributed by atoms with Crippen LogP contribution in [0.3, 0.4) is 0 Å². The summed E-state index contributed by atoms with van der Waals surface area (Å²) in [5.74, 6) is -2.64. The van der Waals surface area contributed by atoms with Gasteiger partial charge in [0.15, 0.2) is 0 Å². The molecule has 4 rings (SSSR count). The van der Waals surface area contributed by atoms with Crippen molar-refractivity contribution in [3.05, 3.63) is 89.6 Å². The first-order chi connectivity index (χ1) is 17.2. The van der Waals surface area contributed by atoms with Crippen molar-refractivity contribution in [3.8, 4) is 11.1 Å². The van der Waals surface area contributed by atoms with Crippen LogP contribution in [0.15, 0.2) is 72.9 Å². The molecule has 0 aliphatic rings. The van der Waals surface area contributed by atoms with Crippen molar-refractivity contribution in [2.75, 3.05) is 5.32 Å². The topological polar surface area (TPSA) is 146 Å². The number of carboxylic acid groups (broad SMARTS) is 1. The number of pyridine rings is 1. The van der Waals surface area contributed by atoms with Crippen LogP contribution in [0, 0.1) is 5.41 Å². The molecule has 1 amide bonds. The summed E-state index contributed by atoms with van der Waals surface area (Å²) in [6.07, 6.45) is 1.34. The standard InChI is InChI=1S/C28H24N4O4/c1-15(29)25(16(2)33)18-8-9-22-24(13-18)31-14-23(27(30)34)26(22)32-21-11-19(10-20(12-21)28(35)36)17-6-4-3-5-7-17/h3-14,25,29H,1-2H3,(H2,30,34)(H,31,32)(H,35,36). The maximum Gasteiger partial charge on any atom is 0.335 e. The van der Waals surface area contributed by atoms with Crippen LogP contribution in [0.25, 0.3) is 22.0 Å². The molecule has 1 heterocycles. The molecular formula is C28H24N4O4. The third kappa shape index (κ3) is 4.83. The maximum absolute atomic E-state index is 12.2. The second-order valence-electron chi connectivity index (χ2n) is 8.51. The van der Waals surface area contributed by atoms with E-state index in [-0.39, 0.29) is 22.6 Å². The minimum atomic E-state index is -1.09. The smallest absolute Gasteiger partial charge is 0.335 e. The van der Waals surface area contributed by atoms with E-state index in [0.29, 0.717) is 33.4 Å². The van der Waals surface area contributed by atoms with Gasteiger partial charge in [-0.15, -0.1) is 0 Å². The second kappa shape index (κ2) is 9.79. The number of nitrogens with two attached hydrogens (primary N) is 1. The van der Waals surface area contributed by atoms with Crippen molar-refractivity contribution < 1.29 is 19.5 Å². The number of nitrogens with one attached hydrogen (secondary N) is 2. The quantitative estimate of drug-likeness (QED) is 0.256. The van der Waals surface area contributed by atoms with Crippen LogP contribution in [0.2, 0.25) is 0 Å². The molecular weight excluding hydrogens is 456 g/mol. The molecule has 5 N–H and O–H groups in total. The predicted octanol–water partition coefficient (Wildman–Crippen LogP) is 5.15. The van der Waals surface area contributed by atoms with Crippen molar-refractivity contribution in [1.82, 2.24) is 4.98 Å². The largest absolute Gasteiger partial charge is 0.478 e. The summed E-state index contributed by atoms with van der Waals surface area (Å²) < 4.78 is 0. The van der Waals surface area contributed by atoms with Gasteiger partial charge in [0.1, 0.15) is 5.78 Å². The Morgan fingerprint density at radius 2 is 1.69 bits per heavy atom. The van der Waals surface area contributed by atoms with Crippen molar-refractivity contribution >= 4 is 45.6 Å². The van der Waals surface area contributed by atoms with Crippen molar-refractivity contribution in [2.24, 2.45) is 5.73 Å². The average Bonchev–Trinajstić information content (AvgIpc) is 2.83. The fraction of sp³-hybridized carbons (Fsp3) is 0.107. The van der Waals surface area contributed by atoms with E-state index in [0.717, 1.165) is 5.56 Å². The van der Waals surface area contributed by atoms with Crippen LogP contribution in [-0.2, 0) is 4.79 Å². The van der Waals surface area contributed by atoms with E-state index < -0.39 is 17.8 Å². The van der Waals surface area contributed by atoms with E-state index >= 15 is 0 Å². The lowest BCUT2D eigenvalue weighted by atomic mass is 9.90. The van der Waals surface area contributed by atoms with Crippen LogP contribution < -0.4 is 11.1 Å².